The molecule has 1 aliphatic rings. The van der Waals surface area contributed by atoms with E-state index in [0.29, 0.717) is 5.65 Å². The van der Waals surface area contributed by atoms with Crippen LogP contribution < -0.4 is 10.5 Å². The molecule has 1 fully saturated rings. The average molecular weight is 349 g/mol. The number of carbonyl (C=O) groups is 1. The number of fused-ring (bicyclic) bond motifs is 1. The lowest BCUT2D eigenvalue weighted by atomic mass is 10.1. The van der Waals surface area contributed by atoms with Gasteiger partial charge in [-0.3, -0.25) is 4.57 Å². The Balaban J connectivity index is 1.59. The van der Waals surface area contributed by atoms with Gasteiger partial charge in [0.1, 0.15) is 17.5 Å². The smallest absolute Gasteiger partial charge is 0.324 e. The van der Waals surface area contributed by atoms with Crippen LogP contribution in [0.4, 0.5) is 4.79 Å². The third-order valence-corrected chi connectivity index (χ3v) is 4.73. The van der Waals surface area contributed by atoms with E-state index in [0.717, 1.165) is 48.2 Å². The zero-order chi connectivity index (χ0) is 18.1. The van der Waals surface area contributed by atoms with Crippen LogP contribution in [-0.2, 0) is 0 Å². The van der Waals surface area contributed by atoms with Crippen LogP contribution in [0.15, 0.2) is 42.7 Å². The van der Waals surface area contributed by atoms with Crippen molar-refractivity contribution in [3.63, 3.8) is 0 Å². The molecule has 3 heterocycles. The first-order valence-electron chi connectivity index (χ1n) is 8.74. The van der Waals surface area contributed by atoms with Gasteiger partial charge in [-0.15, -0.1) is 0 Å². The molecule has 1 unspecified atom stereocenters. The van der Waals surface area contributed by atoms with Crippen molar-refractivity contribution >= 4 is 17.1 Å². The van der Waals surface area contributed by atoms with Crippen molar-refractivity contribution < 1.29 is 9.53 Å². The lowest BCUT2D eigenvalue weighted by Crippen LogP contribution is -2.38. The molecule has 1 radical (unpaired) electrons. The number of amides is 1. The molecule has 2 N–H and O–H groups in total. The molecule has 1 saturated heterocycles. The summed E-state index contributed by atoms with van der Waals surface area (Å²) in [4.78, 5) is 18.1. The first-order valence-corrected chi connectivity index (χ1v) is 8.74. The quantitative estimate of drug-likeness (QED) is 0.789. The summed E-state index contributed by atoms with van der Waals surface area (Å²) in [6.07, 6.45) is 5.72. The van der Waals surface area contributed by atoms with Crippen molar-refractivity contribution in [2.45, 2.75) is 18.9 Å². The summed E-state index contributed by atoms with van der Waals surface area (Å²) in [5.74, 6) is 0.863. The molecule has 6 heteroatoms. The van der Waals surface area contributed by atoms with Crippen LogP contribution in [-0.4, -0.2) is 46.7 Å². The monoisotopic (exact) mass is 349 g/mol. The number of nitrogens with two attached hydrogens (primary N) is 1. The van der Waals surface area contributed by atoms with E-state index < -0.39 is 6.03 Å². The SMILES string of the molecule is CN1CCCC(Oc2cccc(-c3cnc4c([c]cn4C(N)=O)c3)c2)C1. The Kier molecular flexibility index (Phi) is 4.34. The van der Waals surface area contributed by atoms with Crippen LogP contribution in [0, 0.1) is 6.07 Å². The van der Waals surface area contributed by atoms with Crippen molar-refractivity contribution in [2.24, 2.45) is 5.73 Å². The highest BCUT2D eigenvalue weighted by molar-refractivity contribution is 5.90. The molecule has 0 spiro atoms. The lowest BCUT2D eigenvalue weighted by Gasteiger charge is -2.30. The van der Waals surface area contributed by atoms with Crippen molar-refractivity contribution in [3.8, 4) is 16.9 Å². The molecule has 133 valence electrons. The van der Waals surface area contributed by atoms with Gasteiger partial charge in [0.2, 0.25) is 0 Å². The Hall–Kier alpha value is -2.86. The summed E-state index contributed by atoms with van der Waals surface area (Å²) in [7, 11) is 2.13. The summed E-state index contributed by atoms with van der Waals surface area (Å²) >= 11 is 0. The molecular weight excluding hydrogens is 328 g/mol. The predicted octanol–water partition coefficient (Wildman–Crippen LogP) is 2.90. The Morgan fingerprint density at radius 2 is 2.23 bits per heavy atom. The van der Waals surface area contributed by atoms with Gasteiger partial charge in [-0.1, -0.05) is 12.1 Å². The highest BCUT2D eigenvalue weighted by atomic mass is 16.5. The maximum absolute atomic E-state index is 11.4. The fourth-order valence-corrected chi connectivity index (χ4v) is 3.43. The van der Waals surface area contributed by atoms with Gasteiger partial charge < -0.3 is 15.4 Å². The molecule has 26 heavy (non-hydrogen) atoms. The topological polar surface area (TPSA) is 73.4 Å². The number of hydrogen-bond acceptors (Lipinski definition) is 4. The molecule has 1 amide bonds. The van der Waals surface area contributed by atoms with Crippen LogP contribution >= 0.6 is 0 Å². The third kappa shape index (κ3) is 3.28. The zero-order valence-corrected chi connectivity index (χ0v) is 14.7. The van der Waals surface area contributed by atoms with Crippen molar-refractivity contribution in [3.05, 3.63) is 48.8 Å². The largest absolute Gasteiger partial charge is 0.489 e. The molecule has 1 aliphatic heterocycles. The highest BCUT2D eigenvalue weighted by Gasteiger charge is 2.18. The number of piperidine rings is 1. The van der Waals surface area contributed by atoms with Crippen LogP contribution in [0.5, 0.6) is 5.75 Å². The third-order valence-electron chi connectivity index (χ3n) is 4.73. The number of carbonyl (C=O) groups excluding carboxylic acids is 1. The van der Waals surface area contributed by atoms with Crippen molar-refractivity contribution in [2.75, 3.05) is 20.1 Å². The van der Waals surface area contributed by atoms with E-state index in [1.807, 2.05) is 30.3 Å². The summed E-state index contributed by atoms with van der Waals surface area (Å²) in [6.45, 7) is 2.08. The Labute approximate surface area is 152 Å². The summed E-state index contributed by atoms with van der Waals surface area (Å²) in [5.41, 5.74) is 7.81. The molecule has 2 aromatic heterocycles. The number of nitrogens with zero attached hydrogens (tertiary/aromatic N) is 3. The Morgan fingerprint density at radius 3 is 3.04 bits per heavy atom. The van der Waals surface area contributed by atoms with E-state index >= 15 is 0 Å². The Morgan fingerprint density at radius 1 is 1.35 bits per heavy atom. The van der Waals surface area contributed by atoms with E-state index in [1.165, 1.54) is 10.8 Å². The van der Waals surface area contributed by atoms with Gasteiger partial charge in [0.05, 0.1) is 0 Å². The van der Waals surface area contributed by atoms with Crippen LogP contribution in [0.3, 0.4) is 0 Å². The Bertz CT molecular complexity index is 950. The minimum absolute atomic E-state index is 0.225. The average Bonchev–Trinajstić information content (AvgIpc) is 3.05. The molecule has 0 aliphatic carbocycles. The zero-order valence-electron chi connectivity index (χ0n) is 14.7. The number of rotatable bonds is 3. The van der Waals surface area contributed by atoms with Gasteiger partial charge >= 0.3 is 6.03 Å². The number of likely N-dealkylation sites (tertiary alicyclic amines) is 1. The molecular formula is C20H21N4O2. The second-order valence-electron chi connectivity index (χ2n) is 6.75. The number of hydrogen-bond donors (Lipinski definition) is 1. The molecule has 0 saturated carbocycles. The first kappa shape index (κ1) is 16.6. The molecule has 6 nitrogen and oxygen atoms in total. The van der Waals surface area contributed by atoms with E-state index in [4.69, 9.17) is 10.5 Å². The second-order valence-corrected chi connectivity index (χ2v) is 6.75. The van der Waals surface area contributed by atoms with Gasteiger partial charge in [0, 0.05) is 36.0 Å². The summed E-state index contributed by atoms with van der Waals surface area (Å²) in [5, 5.41) is 0.751. The summed E-state index contributed by atoms with van der Waals surface area (Å²) < 4.78 is 7.47. The number of likely N-dealkylation sites (N-methyl/N-ethyl adjacent to an activating group) is 1. The summed E-state index contributed by atoms with van der Waals surface area (Å²) in [6, 6.07) is 12.4. The number of primary amides is 1. The maximum atomic E-state index is 11.4. The maximum Gasteiger partial charge on any atom is 0.324 e. The molecule has 3 aromatic rings. The van der Waals surface area contributed by atoms with E-state index in [1.54, 1.807) is 6.20 Å². The normalized spacial score (nSPS) is 18.1. The molecule has 4 rings (SSSR count). The first-order chi connectivity index (χ1) is 12.6. The fourth-order valence-electron chi connectivity index (χ4n) is 3.43. The number of aromatic nitrogens is 2. The fraction of sp³-hybridized carbons (Fsp3) is 0.300. The van der Waals surface area contributed by atoms with E-state index in [2.05, 4.69) is 23.0 Å². The minimum atomic E-state index is -0.565. The molecule has 1 atom stereocenters. The second kappa shape index (κ2) is 6.80. The number of ether oxygens (including phenoxy) is 1. The van der Waals surface area contributed by atoms with Crippen LogP contribution in [0.2, 0.25) is 0 Å². The number of benzene rings is 1. The van der Waals surface area contributed by atoms with E-state index in [9.17, 15) is 4.79 Å². The van der Waals surface area contributed by atoms with Crippen molar-refractivity contribution in [1.82, 2.24) is 14.5 Å². The highest BCUT2D eigenvalue weighted by Crippen LogP contribution is 2.27. The van der Waals surface area contributed by atoms with Gasteiger partial charge in [0.15, 0.2) is 0 Å². The number of pyridine rings is 1. The van der Waals surface area contributed by atoms with E-state index in [-0.39, 0.29) is 6.10 Å². The van der Waals surface area contributed by atoms with Crippen molar-refractivity contribution in [1.29, 1.82) is 0 Å². The van der Waals surface area contributed by atoms with Crippen LogP contribution in [0.1, 0.15) is 12.8 Å². The van der Waals surface area contributed by atoms with Gasteiger partial charge in [-0.2, -0.15) is 0 Å². The molecule has 1 aromatic carbocycles. The predicted molar refractivity (Wildman–Crippen MR) is 100 cm³/mol. The van der Waals surface area contributed by atoms with Gasteiger partial charge in [0.25, 0.3) is 0 Å². The van der Waals surface area contributed by atoms with Gasteiger partial charge in [-0.05, 0) is 50.2 Å². The minimum Gasteiger partial charge on any atom is -0.489 e. The van der Waals surface area contributed by atoms with Gasteiger partial charge in [-0.25, -0.2) is 9.78 Å². The molecule has 0 bridgehead atoms. The van der Waals surface area contributed by atoms with Crippen LogP contribution in [0.25, 0.3) is 22.2 Å². The lowest BCUT2D eigenvalue weighted by molar-refractivity contribution is 0.104. The standard InChI is InChI=1S/C20H21N4O2/c1-23-8-3-6-18(13-23)26-17-5-2-4-14(11-17)16-10-15-7-9-24(20(21)25)19(15)22-12-16/h2,4-5,9-12,18H,3,6,8,13H2,1H3,(H2,21,25).